The molecule has 0 spiro atoms. The highest BCUT2D eigenvalue weighted by atomic mass is 35.5. The zero-order chi connectivity index (χ0) is 15.3. The smallest absolute Gasteiger partial charge is 0.207 e. The summed E-state index contributed by atoms with van der Waals surface area (Å²) >= 11 is 7.52. The maximum Gasteiger partial charge on any atom is 0.243 e. The standard InChI is InChI=1S/C14H22ClNO2S2/c1-5-13(10-19-4)16(3)20(17,18)14-7-6-11(2)12(8-14)9-15/h6-8,13H,5,9-10H2,1-4H3. The number of rotatable bonds is 7. The van der Waals surface area contributed by atoms with Gasteiger partial charge in [0.05, 0.1) is 4.90 Å². The Labute approximate surface area is 131 Å². The molecule has 6 heteroatoms. The lowest BCUT2D eigenvalue weighted by Gasteiger charge is -2.26. The second-order valence-corrected chi connectivity index (χ2v) is 7.94. The third kappa shape index (κ3) is 3.91. The molecule has 0 aromatic heterocycles. The van der Waals surface area contributed by atoms with Crippen LogP contribution in [0.25, 0.3) is 0 Å². The summed E-state index contributed by atoms with van der Waals surface area (Å²) in [6, 6.07) is 5.16. The summed E-state index contributed by atoms with van der Waals surface area (Å²) in [5.41, 5.74) is 1.87. The Hall–Kier alpha value is -0.230. The number of hydrogen-bond acceptors (Lipinski definition) is 3. The van der Waals surface area contributed by atoms with E-state index in [1.165, 1.54) is 4.31 Å². The molecule has 114 valence electrons. The van der Waals surface area contributed by atoms with Crippen LogP contribution in [0, 0.1) is 6.92 Å². The Morgan fingerprint density at radius 1 is 1.40 bits per heavy atom. The van der Waals surface area contributed by atoms with Crippen molar-refractivity contribution in [1.82, 2.24) is 4.31 Å². The van der Waals surface area contributed by atoms with Crippen LogP contribution in [-0.4, -0.2) is 37.8 Å². The zero-order valence-electron chi connectivity index (χ0n) is 12.4. The highest BCUT2D eigenvalue weighted by molar-refractivity contribution is 7.98. The van der Waals surface area contributed by atoms with Crippen molar-refractivity contribution in [1.29, 1.82) is 0 Å². The van der Waals surface area contributed by atoms with E-state index in [4.69, 9.17) is 11.6 Å². The summed E-state index contributed by atoms with van der Waals surface area (Å²) in [4.78, 5) is 0.320. The first-order valence-electron chi connectivity index (χ1n) is 6.50. The fraction of sp³-hybridized carbons (Fsp3) is 0.571. The molecule has 0 saturated carbocycles. The topological polar surface area (TPSA) is 37.4 Å². The van der Waals surface area contributed by atoms with Gasteiger partial charge in [0.2, 0.25) is 10.0 Å². The van der Waals surface area contributed by atoms with Gasteiger partial charge in [0.1, 0.15) is 0 Å². The van der Waals surface area contributed by atoms with Crippen LogP contribution in [0.4, 0.5) is 0 Å². The predicted octanol–water partition coefficient (Wildman–Crippen LogP) is 3.50. The second kappa shape index (κ2) is 7.69. The molecule has 0 bridgehead atoms. The Kier molecular flexibility index (Phi) is 6.85. The molecule has 0 amide bonds. The number of aryl methyl sites for hydroxylation is 1. The minimum atomic E-state index is -3.46. The summed E-state index contributed by atoms with van der Waals surface area (Å²) in [5, 5.41) is 0. The lowest BCUT2D eigenvalue weighted by Crippen LogP contribution is -2.38. The first kappa shape index (κ1) is 17.8. The van der Waals surface area contributed by atoms with Gasteiger partial charge in [-0.25, -0.2) is 8.42 Å². The van der Waals surface area contributed by atoms with Crippen LogP contribution in [0.3, 0.4) is 0 Å². The highest BCUT2D eigenvalue weighted by Crippen LogP contribution is 2.23. The average Bonchev–Trinajstić information content (AvgIpc) is 2.44. The van der Waals surface area contributed by atoms with Gasteiger partial charge in [0.25, 0.3) is 0 Å². The summed E-state index contributed by atoms with van der Waals surface area (Å²) < 4.78 is 26.8. The molecule has 1 rings (SSSR count). The molecule has 0 heterocycles. The largest absolute Gasteiger partial charge is 0.243 e. The van der Waals surface area contributed by atoms with Gasteiger partial charge < -0.3 is 0 Å². The van der Waals surface area contributed by atoms with Crippen LogP contribution in [0.2, 0.25) is 0 Å². The van der Waals surface area contributed by atoms with Crippen LogP contribution < -0.4 is 0 Å². The molecule has 1 aromatic carbocycles. The summed E-state index contributed by atoms with van der Waals surface area (Å²) in [6.45, 7) is 3.94. The van der Waals surface area contributed by atoms with Crippen molar-refractivity contribution in [3.05, 3.63) is 29.3 Å². The predicted molar refractivity (Wildman–Crippen MR) is 88.1 cm³/mol. The third-order valence-corrected chi connectivity index (χ3v) is 6.40. The number of sulfonamides is 1. The van der Waals surface area contributed by atoms with E-state index in [0.29, 0.717) is 10.8 Å². The van der Waals surface area contributed by atoms with E-state index in [0.717, 1.165) is 23.3 Å². The Balaban J connectivity index is 3.15. The molecule has 1 unspecified atom stereocenters. The third-order valence-electron chi connectivity index (χ3n) is 3.49. The van der Waals surface area contributed by atoms with Gasteiger partial charge in [0.15, 0.2) is 0 Å². The maximum absolute atomic E-state index is 12.7. The van der Waals surface area contributed by atoms with Gasteiger partial charge in [-0.05, 0) is 42.9 Å². The van der Waals surface area contributed by atoms with Crippen molar-refractivity contribution in [2.75, 3.05) is 19.1 Å². The van der Waals surface area contributed by atoms with Crippen LogP contribution in [0.1, 0.15) is 24.5 Å². The van der Waals surface area contributed by atoms with E-state index in [1.807, 2.05) is 26.2 Å². The summed E-state index contributed by atoms with van der Waals surface area (Å²) in [7, 11) is -1.81. The van der Waals surface area contributed by atoms with E-state index < -0.39 is 10.0 Å². The molecule has 3 nitrogen and oxygen atoms in total. The Morgan fingerprint density at radius 3 is 2.55 bits per heavy atom. The van der Waals surface area contributed by atoms with Crippen LogP contribution in [-0.2, 0) is 15.9 Å². The number of alkyl halides is 1. The minimum Gasteiger partial charge on any atom is -0.207 e. The molecular formula is C14H22ClNO2S2. The lowest BCUT2D eigenvalue weighted by molar-refractivity contribution is 0.385. The Bertz CT molecular complexity index is 546. The van der Waals surface area contributed by atoms with Gasteiger partial charge >= 0.3 is 0 Å². The molecule has 0 radical (unpaired) electrons. The number of thioether (sulfide) groups is 1. The van der Waals surface area contributed by atoms with Gasteiger partial charge in [-0.3, -0.25) is 0 Å². The zero-order valence-corrected chi connectivity index (χ0v) is 14.8. The van der Waals surface area contributed by atoms with Gasteiger partial charge in [-0.2, -0.15) is 16.1 Å². The van der Waals surface area contributed by atoms with Crippen LogP contribution in [0.15, 0.2) is 23.1 Å². The van der Waals surface area contributed by atoms with Crippen LogP contribution in [0.5, 0.6) is 0 Å². The number of nitrogens with zero attached hydrogens (tertiary/aromatic N) is 1. The van der Waals surface area contributed by atoms with E-state index >= 15 is 0 Å². The number of hydrogen-bond donors (Lipinski definition) is 0. The van der Waals surface area contributed by atoms with Gasteiger partial charge in [0, 0.05) is 24.7 Å². The van der Waals surface area contributed by atoms with Crippen molar-refractivity contribution in [3.8, 4) is 0 Å². The lowest BCUT2D eigenvalue weighted by atomic mass is 10.1. The SMILES string of the molecule is CCC(CSC)N(C)S(=O)(=O)c1ccc(C)c(CCl)c1. The number of benzene rings is 1. The van der Waals surface area contributed by atoms with Gasteiger partial charge in [-0.1, -0.05) is 13.0 Å². The van der Waals surface area contributed by atoms with E-state index in [-0.39, 0.29) is 6.04 Å². The molecule has 20 heavy (non-hydrogen) atoms. The second-order valence-electron chi connectivity index (χ2n) is 4.76. The van der Waals surface area contributed by atoms with E-state index in [2.05, 4.69) is 0 Å². The quantitative estimate of drug-likeness (QED) is 0.716. The highest BCUT2D eigenvalue weighted by Gasteiger charge is 2.27. The molecule has 1 aromatic rings. The monoisotopic (exact) mass is 335 g/mol. The Morgan fingerprint density at radius 2 is 2.05 bits per heavy atom. The molecule has 0 fully saturated rings. The normalized spacial score (nSPS) is 13.7. The maximum atomic E-state index is 12.7. The molecular weight excluding hydrogens is 314 g/mol. The fourth-order valence-corrected chi connectivity index (χ4v) is 4.69. The molecule has 0 aliphatic rings. The molecule has 0 saturated heterocycles. The van der Waals surface area contributed by atoms with E-state index in [1.54, 1.807) is 30.9 Å². The molecule has 0 aliphatic carbocycles. The molecule has 0 aliphatic heterocycles. The van der Waals surface area contributed by atoms with Crippen molar-refractivity contribution in [3.63, 3.8) is 0 Å². The van der Waals surface area contributed by atoms with Crippen LogP contribution >= 0.6 is 23.4 Å². The molecule has 1 atom stereocenters. The minimum absolute atomic E-state index is 0.00996. The summed E-state index contributed by atoms with van der Waals surface area (Å²) in [5.74, 6) is 1.11. The fourth-order valence-electron chi connectivity index (χ4n) is 1.99. The molecule has 0 N–H and O–H groups in total. The number of halogens is 1. The van der Waals surface area contributed by atoms with Crippen molar-refractivity contribution in [2.24, 2.45) is 0 Å². The van der Waals surface area contributed by atoms with E-state index in [9.17, 15) is 8.42 Å². The first-order chi connectivity index (χ1) is 9.38. The van der Waals surface area contributed by atoms with Gasteiger partial charge in [-0.15, -0.1) is 11.6 Å². The van der Waals surface area contributed by atoms with Crippen molar-refractivity contribution >= 4 is 33.4 Å². The van der Waals surface area contributed by atoms with Crippen molar-refractivity contribution in [2.45, 2.75) is 37.1 Å². The van der Waals surface area contributed by atoms with Crippen molar-refractivity contribution < 1.29 is 8.42 Å². The first-order valence-corrected chi connectivity index (χ1v) is 9.87. The average molecular weight is 336 g/mol. The summed E-state index contributed by atoms with van der Waals surface area (Å²) in [6.07, 6.45) is 2.78.